The minimum absolute atomic E-state index is 0.0172. The number of carbonyl (C=O) groups excluding carboxylic acids is 1. The van der Waals surface area contributed by atoms with E-state index in [4.69, 9.17) is 5.11 Å². The van der Waals surface area contributed by atoms with E-state index in [0.717, 1.165) is 25.9 Å². The number of thiazole rings is 1. The number of amides is 2. The monoisotopic (exact) mass is 312 g/mol. The van der Waals surface area contributed by atoms with Crippen LogP contribution in [0.2, 0.25) is 0 Å². The van der Waals surface area contributed by atoms with Gasteiger partial charge in [0, 0.05) is 11.9 Å². The number of carboxylic acids is 1. The predicted molar refractivity (Wildman–Crippen MR) is 79.5 cm³/mol. The Morgan fingerprint density at radius 1 is 1.43 bits per heavy atom. The summed E-state index contributed by atoms with van der Waals surface area (Å²) in [6, 6.07) is -0.235. The number of aromatic nitrogens is 1. The Kier molecular flexibility index (Phi) is 5.51. The zero-order valence-electron chi connectivity index (χ0n) is 12.0. The number of aromatic carboxylic acids is 1. The van der Waals surface area contributed by atoms with Crippen LogP contribution in [0.4, 0.5) is 4.79 Å². The molecule has 2 amide bonds. The Morgan fingerprint density at radius 3 is 2.76 bits per heavy atom. The molecule has 0 aromatic carbocycles. The lowest BCUT2D eigenvalue weighted by atomic mass is 9.97. The second-order valence-electron chi connectivity index (χ2n) is 5.24. The molecular weight excluding hydrogens is 292 g/mol. The van der Waals surface area contributed by atoms with Crippen molar-refractivity contribution in [1.29, 1.82) is 0 Å². The van der Waals surface area contributed by atoms with E-state index in [1.165, 1.54) is 16.7 Å². The number of carboxylic acid groups (broad SMARTS) is 1. The second-order valence-corrected chi connectivity index (χ2v) is 6.18. The van der Waals surface area contributed by atoms with Crippen molar-refractivity contribution >= 4 is 23.3 Å². The van der Waals surface area contributed by atoms with E-state index in [9.17, 15) is 9.59 Å². The topological polar surface area (TPSA) is 94.6 Å². The second kappa shape index (κ2) is 7.37. The molecule has 0 bridgehead atoms. The first kappa shape index (κ1) is 15.7. The van der Waals surface area contributed by atoms with Crippen LogP contribution in [0.1, 0.15) is 28.3 Å². The fourth-order valence-corrected chi connectivity index (χ4v) is 2.92. The smallest absolute Gasteiger partial charge is 0.355 e. The number of rotatable bonds is 5. The molecule has 3 N–H and O–H groups in total. The number of urea groups is 1. The molecule has 1 aromatic rings. The summed E-state index contributed by atoms with van der Waals surface area (Å²) in [5, 5.41) is 16.4. The molecule has 1 aliphatic heterocycles. The van der Waals surface area contributed by atoms with Crippen molar-refractivity contribution in [2.24, 2.45) is 5.92 Å². The quantitative estimate of drug-likeness (QED) is 0.753. The van der Waals surface area contributed by atoms with Gasteiger partial charge < -0.3 is 20.6 Å². The highest BCUT2D eigenvalue weighted by atomic mass is 32.1. The molecule has 116 valence electrons. The highest BCUT2D eigenvalue weighted by molar-refractivity contribution is 7.09. The maximum Gasteiger partial charge on any atom is 0.355 e. The van der Waals surface area contributed by atoms with Gasteiger partial charge in [-0.3, -0.25) is 0 Å². The van der Waals surface area contributed by atoms with Gasteiger partial charge in [-0.1, -0.05) is 0 Å². The lowest BCUT2D eigenvalue weighted by Gasteiger charge is -2.28. The van der Waals surface area contributed by atoms with Crippen molar-refractivity contribution in [3.63, 3.8) is 0 Å². The van der Waals surface area contributed by atoms with E-state index in [1.54, 1.807) is 0 Å². The number of hydrogen-bond acceptors (Lipinski definition) is 5. The SMILES string of the molecule is CN1CCC(CNC(=O)NCc2nc(C(=O)O)cs2)CC1. The summed E-state index contributed by atoms with van der Waals surface area (Å²) >= 11 is 1.23. The molecule has 0 saturated carbocycles. The van der Waals surface area contributed by atoms with Gasteiger partial charge in [-0.2, -0.15) is 0 Å². The van der Waals surface area contributed by atoms with Crippen LogP contribution in [0.15, 0.2) is 5.38 Å². The molecule has 1 fully saturated rings. The van der Waals surface area contributed by atoms with E-state index in [2.05, 4.69) is 27.6 Å². The fraction of sp³-hybridized carbons (Fsp3) is 0.615. The standard InChI is InChI=1S/C13H20N4O3S/c1-17-4-2-9(3-5-17)6-14-13(20)15-7-11-16-10(8-21-11)12(18)19/h8-9H,2-7H2,1H3,(H,18,19)(H2,14,15,20). The first-order valence-corrected chi connectivity index (χ1v) is 7.80. The predicted octanol–water partition coefficient (Wildman–Crippen LogP) is 0.982. The first-order valence-electron chi connectivity index (χ1n) is 6.92. The average molecular weight is 312 g/mol. The zero-order chi connectivity index (χ0) is 15.2. The van der Waals surface area contributed by atoms with Crippen LogP contribution in [-0.4, -0.2) is 53.7 Å². The molecule has 0 unspecified atom stereocenters. The highest BCUT2D eigenvalue weighted by Crippen LogP contribution is 2.14. The summed E-state index contributed by atoms with van der Waals surface area (Å²) in [7, 11) is 2.11. The Morgan fingerprint density at radius 2 is 2.14 bits per heavy atom. The minimum atomic E-state index is -1.05. The van der Waals surface area contributed by atoms with Gasteiger partial charge in [-0.05, 0) is 38.9 Å². The largest absolute Gasteiger partial charge is 0.476 e. The van der Waals surface area contributed by atoms with Crippen molar-refractivity contribution in [2.75, 3.05) is 26.7 Å². The van der Waals surface area contributed by atoms with Crippen LogP contribution >= 0.6 is 11.3 Å². The van der Waals surface area contributed by atoms with Crippen LogP contribution in [0.25, 0.3) is 0 Å². The molecule has 7 nitrogen and oxygen atoms in total. The third kappa shape index (κ3) is 4.98. The normalized spacial score (nSPS) is 16.6. The number of nitrogens with zero attached hydrogens (tertiary/aromatic N) is 2. The molecule has 0 spiro atoms. The van der Waals surface area contributed by atoms with E-state index in [1.807, 2.05) is 0 Å². The lowest BCUT2D eigenvalue weighted by molar-refractivity contribution is 0.0691. The summed E-state index contributed by atoms with van der Waals surface area (Å²) in [4.78, 5) is 28.6. The van der Waals surface area contributed by atoms with Gasteiger partial charge in [-0.25, -0.2) is 14.6 Å². The molecule has 1 saturated heterocycles. The van der Waals surface area contributed by atoms with Crippen LogP contribution < -0.4 is 10.6 Å². The van der Waals surface area contributed by atoms with E-state index in [0.29, 0.717) is 17.5 Å². The number of likely N-dealkylation sites (tertiary alicyclic amines) is 1. The molecule has 21 heavy (non-hydrogen) atoms. The van der Waals surface area contributed by atoms with Crippen molar-refractivity contribution in [1.82, 2.24) is 20.5 Å². The third-order valence-corrected chi connectivity index (χ3v) is 4.41. The Bertz CT molecular complexity index is 497. The van der Waals surface area contributed by atoms with E-state index in [-0.39, 0.29) is 18.3 Å². The maximum atomic E-state index is 11.7. The number of piperidine rings is 1. The van der Waals surface area contributed by atoms with Gasteiger partial charge in [0.05, 0.1) is 6.54 Å². The van der Waals surface area contributed by atoms with Gasteiger partial charge in [-0.15, -0.1) is 11.3 Å². The van der Waals surface area contributed by atoms with Gasteiger partial charge in [0.2, 0.25) is 0 Å². The van der Waals surface area contributed by atoms with Crippen LogP contribution in [-0.2, 0) is 6.54 Å². The molecule has 0 radical (unpaired) electrons. The molecule has 0 atom stereocenters. The highest BCUT2D eigenvalue weighted by Gasteiger charge is 2.17. The van der Waals surface area contributed by atoms with Crippen molar-refractivity contribution in [3.8, 4) is 0 Å². The molecule has 8 heteroatoms. The Hall–Kier alpha value is -1.67. The first-order chi connectivity index (χ1) is 10.0. The zero-order valence-corrected chi connectivity index (χ0v) is 12.8. The molecule has 1 aliphatic rings. The van der Waals surface area contributed by atoms with Crippen LogP contribution in [0, 0.1) is 5.92 Å². The minimum Gasteiger partial charge on any atom is -0.476 e. The summed E-state index contributed by atoms with van der Waals surface area (Å²) in [5.41, 5.74) is 0.0172. The van der Waals surface area contributed by atoms with Gasteiger partial charge in [0.25, 0.3) is 0 Å². The number of hydrogen-bond donors (Lipinski definition) is 3. The molecule has 1 aromatic heterocycles. The molecule has 2 rings (SSSR count). The third-order valence-electron chi connectivity index (χ3n) is 3.56. The Labute approximate surface area is 127 Å². The molecule has 0 aliphatic carbocycles. The lowest BCUT2D eigenvalue weighted by Crippen LogP contribution is -2.40. The van der Waals surface area contributed by atoms with Crippen molar-refractivity contribution < 1.29 is 14.7 Å². The van der Waals surface area contributed by atoms with E-state index < -0.39 is 5.97 Å². The summed E-state index contributed by atoms with van der Waals surface area (Å²) in [6.07, 6.45) is 2.20. The number of nitrogens with one attached hydrogen (secondary N) is 2. The van der Waals surface area contributed by atoms with Crippen molar-refractivity contribution in [2.45, 2.75) is 19.4 Å². The van der Waals surface area contributed by atoms with Gasteiger partial charge >= 0.3 is 12.0 Å². The van der Waals surface area contributed by atoms with Crippen LogP contribution in [0.5, 0.6) is 0 Å². The summed E-state index contributed by atoms with van der Waals surface area (Å²) in [5.74, 6) is -0.519. The molecule has 2 heterocycles. The van der Waals surface area contributed by atoms with Gasteiger partial charge in [0.1, 0.15) is 5.01 Å². The maximum absolute atomic E-state index is 11.7. The Balaban J connectivity index is 1.66. The van der Waals surface area contributed by atoms with Gasteiger partial charge in [0.15, 0.2) is 5.69 Å². The van der Waals surface area contributed by atoms with Crippen LogP contribution in [0.3, 0.4) is 0 Å². The summed E-state index contributed by atoms with van der Waals surface area (Å²) < 4.78 is 0. The van der Waals surface area contributed by atoms with E-state index >= 15 is 0 Å². The summed E-state index contributed by atoms with van der Waals surface area (Å²) in [6.45, 7) is 3.07. The number of carbonyl (C=O) groups is 2. The van der Waals surface area contributed by atoms with Crippen molar-refractivity contribution in [3.05, 3.63) is 16.1 Å². The fourth-order valence-electron chi connectivity index (χ4n) is 2.21. The average Bonchev–Trinajstić information content (AvgIpc) is 2.93. The molecular formula is C13H20N4O3S.